The molecule has 0 bridgehead atoms. The molecule has 20 heavy (non-hydrogen) atoms. The Labute approximate surface area is 121 Å². The van der Waals surface area contributed by atoms with Crippen molar-refractivity contribution in [2.45, 2.75) is 17.2 Å². The number of rotatable bonds is 7. The van der Waals surface area contributed by atoms with Crippen molar-refractivity contribution < 1.29 is 17.9 Å². The van der Waals surface area contributed by atoms with Gasteiger partial charge in [0.15, 0.2) is 0 Å². The molecule has 1 rings (SSSR count). The maximum absolute atomic E-state index is 12.0. The molecule has 2 N–H and O–H groups in total. The topological polar surface area (TPSA) is 108 Å². The minimum absolute atomic E-state index is 0.00518. The van der Waals surface area contributed by atoms with Crippen LogP contribution in [0.5, 0.6) is 0 Å². The zero-order chi connectivity index (χ0) is 15.2. The van der Waals surface area contributed by atoms with Crippen molar-refractivity contribution in [3.05, 3.63) is 17.0 Å². The van der Waals surface area contributed by atoms with E-state index in [1.807, 2.05) is 6.07 Å². The van der Waals surface area contributed by atoms with Crippen molar-refractivity contribution >= 4 is 27.3 Å². The van der Waals surface area contributed by atoms with E-state index in [4.69, 9.17) is 10.00 Å². The third kappa shape index (κ3) is 4.57. The number of methoxy groups -OCH3 is 1. The summed E-state index contributed by atoms with van der Waals surface area (Å²) in [5.74, 6) is -0.442. The number of carbonyl (C=O) groups is 1. The number of nitrogens with one attached hydrogen (secondary N) is 2. The van der Waals surface area contributed by atoms with Gasteiger partial charge < -0.3 is 10.1 Å². The van der Waals surface area contributed by atoms with Gasteiger partial charge in [0.1, 0.15) is 15.2 Å². The lowest BCUT2D eigenvalue weighted by molar-refractivity contribution is -0.122. The summed E-state index contributed by atoms with van der Waals surface area (Å²) in [4.78, 5) is 11.9. The number of hydrogen-bond acceptors (Lipinski definition) is 6. The Hall–Kier alpha value is -1.47. The third-order valence-electron chi connectivity index (χ3n) is 2.29. The highest BCUT2D eigenvalue weighted by atomic mass is 32.2. The van der Waals surface area contributed by atoms with Crippen LogP contribution in [-0.2, 0) is 19.6 Å². The van der Waals surface area contributed by atoms with E-state index in [0.29, 0.717) is 18.0 Å². The van der Waals surface area contributed by atoms with Gasteiger partial charge in [-0.1, -0.05) is 0 Å². The fraction of sp³-hybridized carbons (Fsp3) is 0.455. The van der Waals surface area contributed by atoms with E-state index in [1.165, 1.54) is 26.2 Å². The summed E-state index contributed by atoms with van der Waals surface area (Å²) in [5, 5.41) is 11.2. The van der Waals surface area contributed by atoms with Crippen LogP contribution in [0.15, 0.2) is 16.3 Å². The normalized spacial score (nSPS) is 12.7. The van der Waals surface area contributed by atoms with E-state index in [0.717, 1.165) is 11.3 Å². The van der Waals surface area contributed by atoms with E-state index in [1.54, 1.807) is 0 Å². The summed E-state index contributed by atoms with van der Waals surface area (Å²) >= 11 is 0.852. The molecule has 0 radical (unpaired) electrons. The number of nitriles is 1. The number of amides is 1. The average Bonchev–Trinajstić information content (AvgIpc) is 2.88. The van der Waals surface area contributed by atoms with Crippen molar-refractivity contribution in [1.29, 1.82) is 5.26 Å². The quantitative estimate of drug-likeness (QED) is 0.691. The Kier molecular flexibility index (Phi) is 6.09. The number of nitrogens with zero attached hydrogens (tertiary/aromatic N) is 1. The third-order valence-corrected chi connectivity index (χ3v) is 5.31. The van der Waals surface area contributed by atoms with Crippen LogP contribution in [0, 0.1) is 11.3 Å². The van der Waals surface area contributed by atoms with Gasteiger partial charge in [0, 0.05) is 13.7 Å². The van der Waals surface area contributed by atoms with Crippen LogP contribution in [-0.4, -0.2) is 40.6 Å². The average molecular weight is 317 g/mol. The zero-order valence-corrected chi connectivity index (χ0v) is 12.7. The van der Waals surface area contributed by atoms with Crippen molar-refractivity contribution in [3.63, 3.8) is 0 Å². The highest BCUT2D eigenvalue weighted by Crippen LogP contribution is 2.20. The Morgan fingerprint density at radius 2 is 2.25 bits per heavy atom. The lowest BCUT2D eigenvalue weighted by Crippen LogP contribution is -2.45. The summed E-state index contributed by atoms with van der Waals surface area (Å²) in [5.41, 5.74) is 0. The Morgan fingerprint density at radius 3 is 2.80 bits per heavy atom. The van der Waals surface area contributed by atoms with Gasteiger partial charge in [-0.2, -0.15) is 9.98 Å². The smallest absolute Gasteiger partial charge is 0.250 e. The first-order chi connectivity index (χ1) is 9.40. The van der Waals surface area contributed by atoms with Gasteiger partial charge in [-0.3, -0.25) is 4.79 Å². The minimum atomic E-state index is -3.80. The molecule has 110 valence electrons. The highest BCUT2D eigenvalue weighted by Gasteiger charge is 2.23. The standard InChI is InChI=1S/C11H15N3O4S2/c1-8(11(15)13-5-6-18-2)14-20(16,17)10-4-3-9(7-12)19-10/h3-4,8,14H,5-6H2,1-2H3,(H,13,15). The van der Waals surface area contributed by atoms with Gasteiger partial charge in [0.2, 0.25) is 5.91 Å². The largest absolute Gasteiger partial charge is 0.383 e. The molecule has 0 saturated heterocycles. The molecule has 7 nitrogen and oxygen atoms in total. The monoisotopic (exact) mass is 317 g/mol. The van der Waals surface area contributed by atoms with E-state index >= 15 is 0 Å². The van der Waals surface area contributed by atoms with Crippen molar-refractivity contribution in [3.8, 4) is 6.07 Å². The van der Waals surface area contributed by atoms with Gasteiger partial charge in [-0.15, -0.1) is 11.3 Å². The van der Waals surface area contributed by atoms with Gasteiger partial charge in [-0.25, -0.2) is 8.42 Å². The van der Waals surface area contributed by atoms with E-state index < -0.39 is 22.0 Å². The molecule has 0 spiro atoms. The summed E-state index contributed by atoms with van der Waals surface area (Å²) in [6.45, 7) is 2.10. The second kappa shape index (κ2) is 7.35. The van der Waals surface area contributed by atoms with Gasteiger partial charge in [0.05, 0.1) is 12.6 Å². The molecule has 1 unspecified atom stereocenters. The molecule has 0 aromatic carbocycles. The van der Waals surface area contributed by atoms with Crippen LogP contribution in [0.2, 0.25) is 0 Å². The van der Waals surface area contributed by atoms with Crippen molar-refractivity contribution in [2.24, 2.45) is 0 Å². The summed E-state index contributed by atoms with van der Waals surface area (Å²) < 4.78 is 31.0. The van der Waals surface area contributed by atoms with Gasteiger partial charge >= 0.3 is 0 Å². The van der Waals surface area contributed by atoms with Crippen molar-refractivity contribution in [1.82, 2.24) is 10.0 Å². The molecule has 1 aromatic rings. The Bertz CT molecular complexity index is 603. The maximum atomic E-state index is 12.0. The molecule has 1 aromatic heterocycles. The Morgan fingerprint density at radius 1 is 1.55 bits per heavy atom. The van der Waals surface area contributed by atoms with Gasteiger partial charge in [0.25, 0.3) is 10.0 Å². The van der Waals surface area contributed by atoms with Crippen LogP contribution >= 0.6 is 11.3 Å². The molecular formula is C11H15N3O4S2. The number of carbonyl (C=O) groups excluding carboxylic acids is 1. The molecule has 0 fully saturated rings. The van der Waals surface area contributed by atoms with E-state index in [2.05, 4.69) is 10.0 Å². The molecule has 0 saturated carbocycles. The zero-order valence-electron chi connectivity index (χ0n) is 11.0. The minimum Gasteiger partial charge on any atom is -0.383 e. The summed E-state index contributed by atoms with van der Waals surface area (Å²) in [6.07, 6.45) is 0. The SMILES string of the molecule is COCCNC(=O)C(C)NS(=O)(=O)c1ccc(C#N)s1. The molecule has 1 atom stereocenters. The van der Waals surface area contributed by atoms with Gasteiger partial charge in [-0.05, 0) is 19.1 Å². The van der Waals surface area contributed by atoms with E-state index in [-0.39, 0.29) is 4.21 Å². The van der Waals surface area contributed by atoms with Crippen LogP contribution in [0.4, 0.5) is 0 Å². The van der Waals surface area contributed by atoms with Crippen LogP contribution < -0.4 is 10.0 Å². The number of ether oxygens (including phenoxy) is 1. The predicted octanol–water partition coefficient (Wildman–Crippen LogP) is 0.0492. The predicted molar refractivity (Wildman–Crippen MR) is 73.7 cm³/mol. The van der Waals surface area contributed by atoms with Crippen LogP contribution in [0.1, 0.15) is 11.8 Å². The molecule has 1 heterocycles. The number of hydrogen-bond donors (Lipinski definition) is 2. The first kappa shape index (κ1) is 16.6. The lowest BCUT2D eigenvalue weighted by Gasteiger charge is -2.13. The highest BCUT2D eigenvalue weighted by molar-refractivity contribution is 7.91. The summed E-state index contributed by atoms with van der Waals surface area (Å²) in [6, 6.07) is 3.70. The molecular weight excluding hydrogens is 302 g/mol. The molecule has 0 aliphatic carbocycles. The first-order valence-corrected chi connectivity index (χ1v) is 7.99. The molecule has 9 heteroatoms. The first-order valence-electron chi connectivity index (χ1n) is 5.69. The second-order valence-electron chi connectivity index (χ2n) is 3.86. The molecule has 1 amide bonds. The van der Waals surface area contributed by atoms with Crippen molar-refractivity contribution in [2.75, 3.05) is 20.3 Å². The molecule has 0 aliphatic heterocycles. The fourth-order valence-electron chi connectivity index (χ4n) is 1.30. The second-order valence-corrected chi connectivity index (χ2v) is 6.88. The van der Waals surface area contributed by atoms with E-state index in [9.17, 15) is 13.2 Å². The van der Waals surface area contributed by atoms with Crippen LogP contribution in [0.3, 0.4) is 0 Å². The van der Waals surface area contributed by atoms with Crippen LogP contribution in [0.25, 0.3) is 0 Å². The number of sulfonamides is 1. The Balaban J connectivity index is 2.66. The summed E-state index contributed by atoms with van der Waals surface area (Å²) in [7, 11) is -2.30. The lowest BCUT2D eigenvalue weighted by atomic mass is 10.3. The fourth-order valence-corrected chi connectivity index (χ4v) is 3.62. The number of thiophene rings is 1. The molecule has 0 aliphatic rings. The maximum Gasteiger partial charge on any atom is 0.250 e.